The summed E-state index contributed by atoms with van der Waals surface area (Å²) in [6.07, 6.45) is 0. The summed E-state index contributed by atoms with van der Waals surface area (Å²) in [6.45, 7) is 6.43. The SMILES string of the molecule is CC(C)NCc1nnc(NC(C)c2ccccc2F)o1. The molecule has 1 heterocycles. The lowest BCUT2D eigenvalue weighted by Gasteiger charge is -2.12. The molecule has 5 nitrogen and oxygen atoms in total. The molecule has 0 aliphatic carbocycles. The van der Waals surface area contributed by atoms with Gasteiger partial charge >= 0.3 is 6.01 Å². The minimum atomic E-state index is -0.256. The van der Waals surface area contributed by atoms with Gasteiger partial charge in [-0.05, 0) is 13.0 Å². The van der Waals surface area contributed by atoms with E-state index in [1.54, 1.807) is 18.2 Å². The Hall–Kier alpha value is -1.95. The maximum absolute atomic E-state index is 13.6. The molecule has 1 aromatic carbocycles. The predicted molar refractivity (Wildman–Crippen MR) is 74.7 cm³/mol. The standard InChI is InChI=1S/C14H19FN4O/c1-9(2)16-8-13-18-19-14(20-13)17-10(3)11-6-4-5-7-12(11)15/h4-7,9-10,16H,8H2,1-3H3,(H,17,19). The van der Waals surface area contributed by atoms with Crippen LogP contribution in [0.1, 0.15) is 38.3 Å². The van der Waals surface area contributed by atoms with Crippen LogP contribution in [0.15, 0.2) is 28.7 Å². The van der Waals surface area contributed by atoms with E-state index in [-0.39, 0.29) is 11.9 Å². The first-order chi connectivity index (χ1) is 9.56. The number of hydrogen-bond donors (Lipinski definition) is 2. The summed E-state index contributed by atoms with van der Waals surface area (Å²) in [5, 5.41) is 14.0. The molecule has 1 aromatic heterocycles. The molecule has 20 heavy (non-hydrogen) atoms. The fraction of sp³-hybridized carbons (Fsp3) is 0.429. The molecule has 0 saturated carbocycles. The van der Waals surface area contributed by atoms with Crippen molar-refractivity contribution >= 4 is 6.01 Å². The molecule has 108 valence electrons. The van der Waals surface area contributed by atoms with Crippen LogP contribution < -0.4 is 10.6 Å². The Morgan fingerprint density at radius 3 is 2.65 bits per heavy atom. The molecule has 0 bridgehead atoms. The van der Waals surface area contributed by atoms with E-state index in [0.29, 0.717) is 30.1 Å². The average molecular weight is 278 g/mol. The van der Waals surface area contributed by atoms with Crippen molar-refractivity contribution in [2.24, 2.45) is 0 Å². The number of rotatable bonds is 6. The molecule has 0 saturated heterocycles. The fourth-order valence-electron chi connectivity index (χ4n) is 1.76. The van der Waals surface area contributed by atoms with E-state index in [4.69, 9.17) is 4.42 Å². The Labute approximate surface area is 117 Å². The summed E-state index contributed by atoms with van der Waals surface area (Å²) < 4.78 is 19.1. The zero-order valence-corrected chi connectivity index (χ0v) is 11.9. The first kappa shape index (κ1) is 14.5. The average Bonchev–Trinajstić information content (AvgIpc) is 2.84. The van der Waals surface area contributed by atoms with Gasteiger partial charge in [0.25, 0.3) is 0 Å². The van der Waals surface area contributed by atoms with E-state index in [1.165, 1.54) is 6.07 Å². The minimum absolute atomic E-state index is 0.248. The number of nitrogens with zero attached hydrogens (tertiary/aromatic N) is 2. The van der Waals surface area contributed by atoms with Crippen molar-refractivity contribution in [1.29, 1.82) is 0 Å². The largest absolute Gasteiger partial charge is 0.407 e. The number of hydrogen-bond acceptors (Lipinski definition) is 5. The first-order valence-electron chi connectivity index (χ1n) is 6.63. The topological polar surface area (TPSA) is 63.0 Å². The number of halogens is 1. The van der Waals surface area contributed by atoms with Crippen molar-refractivity contribution in [3.63, 3.8) is 0 Å². The Morgan fingerprint density at radius 1 is 1.20 bits per heavy atom. The van der Waals surface area contributed by atoms with Gasteiger partial charge in [-0.15, -0.1) is 5.10 Å². The van der Waals surface area contributed by atoms with Crippen LogP contribution in [0.5, 0.6) is 0 Å². The van der Waals surface area contributed by atoms with E-state index in [2.05, 4.69) is 20.8 Å². The summed E-state index contributed by atoms with van der Waals surface area (Å²) in [5.41, 5.74) is 0.563. The smallest absolute Gasteiger partial charge is 0.315 e. The van der Waals surface area contributed by atoms with Crippen LogP contribution in [-0.2, 0) is 6.54 Å². The molecule has 0 amide bonds. The molecular weight excluding hydrogens is 259 g/mol. The third-order valence-corrected chi connectivity index (χ3v) is 2.84. The Balaban J connectivity index is 1.98. The van der Waals surface area contributed by atoms with Crippen LogP contribution in [0.4, 0.5) is 10.4 Å². The van der Waals surface area contributed by atoms with Crippen LogP contribution in [-0.4, -0.2) is 16.2 Å². The lowest BCUT2D eigenvalue weighted by molar-refractivity contribution is 0.456. The predicted octanol–water partition coefficient (Wildman–Crippen LogP) is 2.88. The second kappa shape index (κ2) is 6.47. The molecule has 1 atom stereocenters. The van der Waals surface area contributed by atoms with Crippen molar-refractivity contribution in [1.82, 2.24) is 15.5 Å². The van der Waals surface area contributed by atoms with Crippen molar-refractivity contribution in [3.05, 3.63) is 41.5 Å². The molecule has 6 heteroatoms. The van der Waals surface area contributed by atoms with E-state index in [0.717, 1.165) is 0 Å². The second-order valence-corrected chi connectivity index (χ2v) is 4.92. The van der Waals surface area contributed by atoms with Gasteiger partial charge in [0, 0.05) is 11.6 Å². The number of benzene rings is 1. The zero-order chi connectivity index (χ0) is 14.5. The van der Waals surface area contributed by atoms with Crippen LogP contribution in [0.2, 0.25) is 0 Å². The maximum atomic E-state index is 13.6. The van der Waals surface area contributed by atoms with Gasteiger partial charge in [0.1, 0.15) is 5.82 Å². The third kappa shape index (κ3) is 3.77. The number of anilines is 1. The van der Waals surface area contributed by atoms with Crippen LogP contribution >= 0.6 is 0 Å². The van der Waals surface area contributed by atoms with Gasteiger partial charge in [0.2, 0.25) is 5.89 Å². The normalized spacial score (nSPS) is 12.7. The van der Waals surface area contributed by atoms with Crippen molar-refractivity contribution in [3.8, 4) is 0 Å². The quantitative estimate of drug-likeness (QED) is 0.850. The highest BCUT2D eigenvalue weighted by molar-refractivity contribution is 5.29. The molecule has 0 aliphatic heterocycles. The molecule has 0 spiro atoms. The molecule has 0 radical (unpaired) electrons. The van der Waals surface area contributed by atoms with Crippen molar-refractivity contribution < 1.29 is 8.81 Å². The van der Waals surface area contributed by atoms with Gasteiger partial charge in [-0.25, -0.2) is 4.39 Å². The number of aromatic nitrogens is 2. The van der Waals surface area contributed by atoms with E-state index in [9.17, 15) is 4.39 Å². The summed E-state index contributed by atoms with van der Waals surface area (Å²) in [7, 11) is 0. The number of nitrogens with one attached hydrogen (secondary N) is 2. The minimum Gasteiger partial charge on any atom is -0.407 e. The fourth-order valence-corrected chi connectivity index (χ4v) is 1.76. The summed E-state index contributed by atoms with van der Waals surface area (Å²) in [6, 6.07) is 7.00. The van der Waals surface area contributed by atoms with Crippen LogP contribution in [0, 0.1) is 5.82 Å². The van der Waals surface area contributed by atoms with Gasteiger partial charge in [-0.2, -0.15) is 0 Å². The summed E-state index contributed by atoms with van der Waals surface area (Å²) in [5.74, 6) is 0.246. The van der Waals surface area contributed by atoms with E-state index in [1.807, 2.05) is 20.8 Å². The Morgan fingerprint density at radius 2 is 1.95 bits per heavy atom. The molecule has 0 aliphatic rings. The van der Waals surface area contributed by atoms with Crippen LogP contribution in [0.3, 0.4) is 0 Å². The Kier molecular flexibility index (Phi) is 4.68. The van der Waals surface area contributed by atoms with Crippen LogP contribution in [0.25, 0.3) is 0 Å². The van der Waals surface area contributed by atoms with Gasteiger partial charge in [0.15, 0.2) is 0 Å². The van der Waals surface area contributed by atoms with Crippen molar-refractivity contribution in [2.75, 3.05) is 5.32 Å². The van der Waals surface area contributed by atoms with Gasteiger partial charge in [-0.3, -0.25) is 0 Å². The second-order valence-electron chi connectivity index (χ2n) is 4.92. The summed E-state index contributed by atoms with van der Waals surface area (Å²) >= 11 is 0. The van der Waals surface area contributed by atoms with Crippen molar-refractivity contribution in [2.45, 2.75) is 39.4 Å². The first-order valence-corrected chi connectivity index (χ1v) is 6.63. The van der Waals surface area contributed by atoms with E-state index >= 15 is 0 Å². The van der Waals surface area contributed by atoms with E-state index < -0.39 is 0 Å². The molecule has 2 N–H and O–H groups in total. The molecule has 2 aromatic rings. The molecule has 2 rings (SSSR count). The maximum Gasteiger partial charge on any atom is 0.315 e. The molecule has 1 unspecified atom stereocenters. The Bertz CT molecular complexity index is 556. The monoisotopic (exact) mass is 278 g/mol. The molecule has 0 fully saturated rings. The summed E-state index contributed by atoms with van der Waals surface area (Å²) in [4.78, 5) is 0. The molecular formula is C14H19FN4O. The highest BCUT2D eigenvalue weighted by Crippen LogP contribution is 2.20. The van der Waals surface area contributed by atoms with Gasteiger partial charge in [0.05, 0.1) is 12.6 Å². The lowest BCUT2D eigenvalue weighted by atomic mass is 10.1. The zero-order valence-electron chi connectivity index (χ0n) is 11.9. The van der Waals surface area contributed by atoms with Gasteiger partial charge in [-0.1, -0.05) is 37.1 Å². The highest BCUT2D eigenvalue weighted by Gasteiger charge is 2.13. The lowest BCUT2D eigenvalue weighted by Crippen LogP contribution is -2.21. The highest BCUT2D eigenvalue weighted by atomic mass is 19.1. The van der Waals surface area contributed by atoms with Gasteiger partial charge < -0.3 is 15.1 Å². The third-order valence-electron chi connectivity index (χ3n) is 2.84.